The molecule has 0 saturated heterocycles. The van der Waals surface area contributed by atoms with Gasteiger partial charge in [-0.05, 0) is 58.6 Å². The van der Waals surface area contributed by atoms with Crippen LogP contribution in [0.5, 0.6) is 5.75 Å². The first kappa shape index (κ1) is 22.8. The van der Waals surface area contributed by atoms with E-state index in [9.17, 15) is 9.90 Å². The highest BCUT2D eigenvalue weighted by atomic mass is 17.2. The molecular formula is C25H35N3O4. The van der Waals surface area contributed by atoms with Gasteiger partial charge in [-0.15, -0.1) is 0 Å². The summed E-state index contributed by atoms with van der Waals surface area (Å²) in [5, 5.41) is 14.6. The van der Waals surface area contributed by atoms with Crippen molar-refractivity contribution < 1.29 is 19.7 Å². The maximum Gasteiger partial charge on any atom is 0.224 e. The predicted octanol–water partition coefficient (Wildman–Crippen LogP) is 4.65. The Morgan fingerprint density at radius 1 is 1.22 bits per heavy atom. The quantitative estimate of drug-likeness (QED) is 0.521. The molecule has 0 bridgehead atoms. The van der Waals surface area contributed by atoms with E-state index in [1.807, 2.05) is 23.2 Å². The Kier molecular flexibility index (Phi) is 6.58. The maximum absolute atomic E-state index is 12.4. The Bertz CT molecular complexity index is 957. The van der Waals surface area contributed by atoms with Gasteiger partial charge in [-0.2, -0.15) is 9.99 Å². The van der Waals surface area contributed by atoms with Gasteiger partial charge in [-0.3, -0.25) is 9.48 Å². The van der Waals surface area contributed by atoms with E-state index in [4.69, 9.17) is 9.78 Å². The molecule has 1 fully saturated rings. The van der Waals surface area contributed by atoms with Crippen molar-refractivity contribution >= 4 is 11.6 Å². The molecule has 1 aliphatic heterocycles. The van der Waals surface area contributed by atoms with Crippen LogP contribution >= 0.6 is 0 Å². The van der Waals surface area contributed by atoms with E-state index < -0.39 is 5.60 Å². The molecular weight excluding hydrogens is 406 g/mol. The molecule has 32 heavy (non-hydrogen) atoms. The smallest absolute Gasteiger partial charge is 0.224 e. The number of hydrogen-bond acceptors (Lipinski definition) is 5. The zero-order valence-electron chi connectivity index (χ0n) is 19.6. The molecule has 2 aliphatic rings. The minimum atomic E-state index is -0.860. The Morgan fingerprint density at radius 3 is 2.66 bits per heavy atom. The number of nitrogens with zero attached hydrogens (tertiary/aromatic N) is 3. The molecule has 1 N–H and O–H groups in total. The summed E-state index contributed by atoms with van der Waals surface area (Å²) in [4.78, 5) is 26.3. The van der Waals surface area contributed by atoms with Gasteiger partial charge in [0.05, 0.1) is 24.0 Å². The molecule has 1 aliphatic carbocycles. The van der Waals surface area contributed by atoms with Gasteiger partial charge in [0.25, 0.3) is 0 Å². The van der Waals surface area contributed by atoms with Crippen LogP contribution in [0.1, 0.15) is 71.8 Å². The predicted molar refractivity (Wildman–Crippen MR) is 123 cm³/mol. The molecule has 7 nitrogen and oxygen atoms in total. The summed E-state index contributed by atoms with van der Waals surface area (Å²) in [5.74, 6) is 0.706. The summed E-state index contributed by atoms with van der Waals surface area (Å²) in [6.07, 6.45) is 11.1. The number of carbonyl (C=O) groups is 1. The van der Waals surface area contributed by atoms with Crippen molar-refractivity contribution in [3.05, 3.63) is 30.1 Å². The van der Waals surface area contributed by atoms with E-state index in [0.29, 0.717) is 12.3 Å². The molecule has 4 rings (SSSR count). The first-order chi connectivity index (χ1) is 15.2. The van der Waals surface area contributed by atoms with Crippen molar-refractivity contribution in [3.63, 3.8) is 0 Å². The van der Waals surface area contributed by atoms with E-state index in [1.165, 1.54) is 6.42 Å². The zero-order valence-corrected chi connectivity index (χ0v) is 19.6. The maximum atomic E-state index is 12.4. The Labute approximate surface area is 190 Å². The Hall–Kier alpha value is -2.38. The van der Waals surface area contributed by atoms with Gasteiger partial charge in [0.2, 0.25) is 5.91 Å². The van der Waals surface area contributed by atoms with E-state index in [-0.39, 0.29) is 18.1 Å². The summed E-state index contributed by atoms with van der Waals surface area (Å²) >= 11 is 0. The van der Waals surface area contributed by atoms with Crippen LogP contribution in [0.3, 0.4) is 0 Å². The number of hydrogen-bond donors (Lipinski definition) is 1. The number of carbonyl (C=O) groups excluding carboxylic acids is 1. The third kappa shape index (κ3) is 4.99. The van der Waals surface area contributed by atoms with Gasteiger partial charge in [0, 0.05) is 35.9 Å². The number of aliphatic hydroxyl groups is 1. The second kappa shape index (κ2) is 9.24. The molecule has 0 radical (unpaired) electrons. The molecule has 1 amide bonds. The lowest BCUT2D eigenvalue weighted by atomic mass is 9.92. The van der Waals surface area contributed by atoms with Crippen molar-refractivity contribution in [2.75, 3.05) is 4.90 Å². The van der Waals surface area contributed by atoms with Gasteiger partial charge in [0.15, 0.2) is 5.75 Å². The highest BCUT2D eigenvalue weighted by Crippen LogP contribution is 2.43. The van der Waals surface area contributed by atoms with Gasteiger partial charge in [-0.25, -0.2) is 0 Å². The minimum Gasteiger partial charge on any atom is -0.389 e. The van der Waals surface area contributed by atoms with E-state index >= 15 is 0 Å². The van der Waals surface area contributed by atoms with Crippen molar-refractivity contribution in [2.45, 2.75) is 96.9 Å². The fraction of sp³-hybridized carbons (Fsp3) is 0.600. The summed E-state index contributed by atoms with van der Waals surface area (Å²) in [6.45, 7) is 7.61. The Morgan fingerprint density at radius 2 is 1.97 bits per heavy atom. The number of fused-ring (bicyclic) bond motifs is 1. The summed E-state index contributed by atoms with van der Waals surface area (Å²) < 4.78 is 1.74. The van der Waals surface area contributed by atoms with Crippen LogP contribution in [0.4, 0.5) is 5.69 Å². The van der Waals surface area contributed by atoms with Crippen LogP contribution in [-0.4, -0.2) is 38.5 Å². The monoisotopic (exact) mass is 441 g/mol. The van der Waals surface area contributed by atoms with E-state index in [0.717, 1.165) is 60.9 Å². The summed E-state index contributed by atoms with van der Waals surface area (Å²) in [5.41, 5.74) is 2.82. The summed E-state index contributed by atoms with van der Waals surface area (Å²) in [7, 11) is 0. The van der Waals surface area contributed by atoms with Crippen molar-refractivity contribution in [3.8, 4) is 16.9 Å². The van der Waals surface area contributed by atoms with Gasteiger partial charge in [-0.1, -0.05) is 19.3 Å². The Balaban J connectivity index is 1.71. The van der Waals surface area contributed by atoms with Crippen molar-refractivity contribution in [1.82, 2.24) is 9.78 Å². The average molecular weight is 442 g/mol. The molecule has 174 valence electrons. The minimum absolute atomic E-state index is 0.0309. The molecule has 0 unspecified atom stereocenters. The zero-order chi connectivity index (χ0) is 22.9. The standard InChI is InChI=1S/C25H35N3O4/c1-17-10-11-22-23(28(17)18(2)29)13-12-21(19-14-26-27(15-19)16-25(3,4)30)24(22)32-31-20-8-6-5-7-9-20/h12-15,17,20,30H,5-11,16H2,1-4H3/t17-/m0/s1. The van der Waals surface area contributed by atoms with Crippen molar-refractivity contribution in [2.24, 2.45) is 0 Å². The lowest BCUT2D eigenvalue weighted by molar-refractivity contribution is -0.250. The van der Waals surface area contributed by atoms with Gasteiger partial charge in [0.1, 0.15) is 6.10 Å². The molecule has 1 saturated carbocycles. The topological polar surface area (TPSA) is 76.8 Å². The van der Waals surface area contributed by atoms with Crippen LogP contribution in [0.2, 0.25) is 0 Å². The third-order valence-electron chi connectivity index (χ3n) is 6.40. The first-order valence-corrected chi connectivity index (χ1v) is 11.8. The molecule has 7 heteroatoms. The number of amides is 1. The number of benzene rings is 1. The molecule has 2 heterocycles. The lowest BCUT2D eigenvalue weighted by Gasteiger charge is -2.35. The highest BCUT2D eigenvalue weighted by Gasteiger charge is 2.31. The van der Waals surface area contributed by atoms with Crippen LogP contribution in [0.15, 0.2) is 24.5 Å². The SMILES string of the molecule is CC(=O)N1c2ccc(-c3cnn(CC(C)(C)O)c3)c(OOC3CCCCC3)c2CC[C@@H]1C. The largest absolute Gasteiger partial charge is 0.389 e. The van der Waals surface area contributed by atoms with Crippen LogP contribution in [0, 0.1) is 0 Å². The normalized spacial score (nSPS) is 19.7. The second-order valence-corrected chi connectivity index (χ2v) is 9.90. The number of aromatic nitrogens is 2. The van der Waals surface area contributed by atoms with Gasteiger partial charge < -0.3 is 14.9 Å². The molecule has 1 aromatic heterocycles. The number of anilines is 1. The van der Waals surface area contributed by atoms with Crippen LogP contribution in [-0.2, 0) is 22.6 Å². The van der Waals surface area contributed by atoms with Crippen LogP contribution in [0.25, 0.3) is 11.1 Å². The highest BCUT2D eigenvalue weighted by molar-refractivity contribution is 5.95. The van der Waals surface area contributed by atoms with Gasteiger partial charge >= 0.3 is 0 Å². The second-order valence-electron chi connectivity index (χ2n) is 9.90. The van der Waals surface area contributed by atoms with Crippen molar-refractivity contribution in [1.29, 1.82) is 0 Å². The summed E-state index contributed by atoms with van der Waals surface area (Å²) in [6, 6.07) is 4.13. The molecule has 1 aromatic carbocycles. The molecule has 0 spiro atoms. The average Bonchev–Trinajstić information content (AvgIpc) is 3.18. The molecule has 2 aromatic rings. The number of rotatable bonds is 6. The first-order valence-electron chi connectivity index (χ1n) is 11.8. The van der Waals surface area contributed by atoms with E-state index in [1.54, 1.807) is 31.6 Å². The fourth-order valence-corrected chi connectivity index (χ4v) is 4.87. The lowest BCUT2D eigenvalue weighted by Crippen LogP contribution is -2.40. The third-order valence-corrected chi connectivity index (χ3v) is 6.40. The molecule has 1 atom stereocenters. The fourth-order valence-electron chi connectivity index (χ4n) is 4.87. The van der Waals surface area contributed by atoms with E-state index in [2.05, 4.69) is 12.0 Å². The van der Waals surface area contributed by atoms with Crippen LogP contribution < -0.4 is 9.79 Å².